The van der Waals surface area contributed by atoms with E-state index in [4.69, 9.17) is 5.73 Å². The largest absolute Gasteiger partial charge is 0.416 e. The Bertz CT molecular complexity index is 606. The van der Waals surface area contributed by atoms with Gasteiger partial charge in [0.2, 0.25) is 0 Å². The molecule has 0 atom stereocenters. The lowest BCUT2D eigenvalue weighted by Crippen LogP contribution is -2.06. The van der Waals surface area contributed by atoms with E-state index < -0.39 is 17.6 Å². The molecule has 0 saturated heterocycles. The minimum atomic E-state index is -4.36. The number of alkyl halides is 3. The smallest absolute Gasteiger partial charge is 0.381 e. The van der Waals surface area contributed by atoms with Crippen LogP contribution in [-0.2, 0) is 19.3 Å². The van der Waals surface area contributed by atoms with Gasteiger partial charge in [0.25, 0.3) is 0 Å². The molecule has 0 aliphatic rings. The molecule has 0 aliphatic carbocycles. The number of nitrogens with two attached hydrogens (primary N) is 1. The van der Waals surface area contributed by atoms with Crippen molar-refractivity contribution < 1.29 is 17.6 Å². The van der Waals surface area contributed by atoms with Crippen LogP contribution in [0.5, 0.6) is 0 Å². The van der Waals surface area contributed by atoms with E-state index in [1.54, 1.807) is 12.1 Å². The molecule has 2 rings (SSSR count). The predicted octanol–water partition coefficient (Wildman–Crippen LogP) is 3.92. The quantitative estimate of drug-likeness (QED) is 0.840. The van der Waals surface area contributed by atoms with Crippen LogP contribution in [0, 0.1) is 5.82 Å². The average molecular weight is 298 g/mol. The van der Waals surface area contributed by atoms with Gasteiger partial charge >= 0.3 is 6.18 Å². The van der Waals surface area contributed by atoms with Crippen molar-refractivity contribution in [3.8, 4) is 0 Å². The molecule has 0 bridgehead atoms. The predicted molar refractivity (Wildman–Crippen MR) is 73.1 cm³/mol. The Kier molecular flexibility index (Phi) is 4.47. The number of nitrogens with one attached hydrogen (secondary N) is 1. The molecule has 2 nitrogen and oxygen atoms in total. The highest BCUT2D eigenvalue weighted by Gasteiger charge is 2.29. The van der Waals surface area contributed by atoms with Crippen molar-refractivity contribution in [1.29, 1.82) is 0 Å². The molecule has 0 unspecified atom stereocenters. The van der Waals surface area contributed by atoms with Crippen molar-refractivity contribution in [1.82, 2.24) is 0 Å². The van der Waals surface area contributed by atoms with Crippen molar-refractivity contribution in [2.24, 2.45) is 5.73 Å². The number of anilines is 1. The van der Waals surface area contributed by atoms with Crippen molar-refractivity contribution >= 4 is 5.69 Å². The second kappa shape index (κ2) is 6.13. The third kappa shape index (κ3) is 3.95. The second-order valence-electron chi connectivity index (χ2n) is 4.56. The second-order valence-corrected chi connectivity index (χ2v) is 4.56. The van der Waals surface area contributed by atoms with E-state index in [1.165, 1.54) is 18.2 Å². The number of rotatable bonds is 4. The van der Waals surface area contributed by atoms with E-state index >= 15 is 0 Å². The molecular weight excluding hydrogens is 284 g/mol. The maximum atomic E-state index is 13.7. The van der Waals surface area contributed by atoms with Gasteiger partial charge in [-0.25, -0.2) is 4.39 Å². The molecular formula is C15H14F4N2. The first kappa shape index (κ1) is 15.3. The van der Waals surface area contributed by atoms with Crippen LogP contribution in [0.3, 0.4) is 0 Å². The van der Waals surface area contributed by atoms with Crippen LogP contribution in [0.15, 0.2) is 42.5 Å². The lowest BCUT2D eigenvalue weighted by Gasteiger charge is -2.10. The molecule has 0 aromatic heterocycles. The van der Waals surface area contributed by atoms with Crippen molar-refractivity contribution in [2.75, 3.05) is 5.32 Å². The summed E-state index contributed by atoms with van der Waals surface area (Å²) in [5.74, 6) is -0.391. The van der Waals surface area contributed by atoms with Crippen LogP contribution in [-0.4, -0.2) is 0 Å². The molecule has 6 heteroatoms. The number of halogens is 4. The van der Waals surface area contributed by atoms with Gasteiger partial charge in [0.05, 0.1) is 5.56 Å². The summed E-state index contributed by atoms with van der Waals surface area (Å²) in [5.41, 5.74) is 6.29. The third-order valence-corrected chi connectivity index (χ3v) is 3.05. The van der Waals surface area contributed by atoms with Crippen molar-refractivity contribution in [2.45, 2.75) is 19.3 Å². The fourth-order valence-corrected chi connectivity index (χ4v) is 1.84. The Morgan fingerprint density at radius 3 is 2.19 bits per heavy atom. The lowest BCUT2D eigenvalue weighted by molar-refractivity contribution is -0.137. The molecule has 3 N–H and O–H groups in total. The molecule has 0 fully saturated rings. The summed E-state index contributed by atoms with van der Waals surface area (Å²) in [6.45, 7) is 0.436. The molecule has 0 radical (unpaired) electrons. The average Bonchev–Trinajstić information content (AvgIpc) is 2.45. The molecule has 2 aromatic rings. The minimum absolute atomic E-state index is 0.183. The number of hydrogen-bond donors (Lipinski definition) is 2. The van der Waals surface area contributed by atoms with Crippen molar-refractivity contribution in [3.63, 3.8) is 0 Å². The SMILES string of the molecule is NCc1ccc(CNc2ccc(C(F)(F)F)cc2)c(F)c1. The van der Waals surface area contributed by atoms with Crippen LogP contribution in [0.2, 0.25) is 0 Å². The van der Waals surface area contributed by atoms with Gasteiger partial charge in [-0.2, -0.15) is 13.2 Å². The summed E-state index contributed by atoms with van der Waals surface area (Å²) in [4.78, 5) is 0. The van der Waals surface area contributed by atoms with E-state index in [9.17, 15) is 17.6 Å². The monoisotopic (exact) mass is 298 g/mol. The molecule has 0 heterocycles. The van der Waals surface area contributed by atoms with Crippen LogP contribution in [0.25, 0.3) is 0 Å². The van der Waals surface area contributed by atoms with Gasteiger partial charge < -0.3 is 11.1 Å². The molecule has 2 aromatic carbocycles. The highest BCUT2D eigenvalue weighted by Crippen LogP contribution is 2.29. The number of benzene rings is 2. The van der Waals surface area contributed by atoms with E-state index in [0.29, 0.717) is 16.8 Å². The third-order valence-electron chi connectivity index (χ3n) is 3.05. The Labute approximate surface area is 119 Å². The van der Waals surface area contributed by atoms with E-state index in [0.717, 1.165) is 12.1 Å². The van der Waals surface area contributed by atoms with Crippen LogP contribution in [0.1, 0.15) is 16.7 Å². The van der Waals surface area contributed by atoms with Crippen LogP contribution >= 0.6 is 0 Å². The van der Waals surface area contributed by atoms with Gasteiger partial charge in [-0.3, -0.25) is 0 Å². The van der Waals surface area contributed by atoms with Crippen LogP contribution in [0.4, 0.5) is 23.2 Å². The lowest BCUT2D eigenvalue weighted by atomic mass is 10.1. The van der Waals surface area contributed by atoms with Gasteiger partial charge in [-0.1, -0.05) is 12.1 Å². The van der Waals surface area contributed by atoms with Gasteiger partial charge in [0.1, 0.15) is 5.82 Å². The first-order chi connectivity index (χ1) is 9.90. The number of hydrogen-bond acceptors (Lipinski definition) is 2. The highest BCUT2D eigenvalue weighted by atomic mass is 19.4. The molecule has 112 valence electrons. The summed E-state index contributed by atoms with van der Waals surface area (Å²) in [6.07, 6.45) is -4.36. The van der Waals surface area contributed by atoms with E-state index in [-0.39, 0.29) is 13.1 Å². The standard InChI is InChI=1S/C15H14F4N2/c16-14-7-10(8-20)1-2-11(14)9-21-13-5-3-12(4-6-13)15(17,18)19/h1-7,21H,8-9,20H2. The maximum absolute atomic E-state index is 13.7. The molecule has 0 saturated carbocycles. The summed E-state index contributed by atoms with van der Waals surface area (Å²) in [5, 5.41) is 2.88. The maximum Gasteiger partial charge on any atom is 0.416 e. The van der Waals surface area contributed by atoms with Crippen LogP contribution < -0.4 is 11.1 Å². The Morgan fingerprint density at radius 1 is 1.00 bits per heavy atom. The zero-order valence-electron chi connectivity index (χ0n) is 11.0. The van der Waals surface area contributed by atoms with Gasteiger partial charge in [0.15, 0.2) is 0 Å². The summed E-state index contributed by atoms with van der Waals surface area (Å²) in [6, 6.07) is 9.27. The molecule has 0 aliphatic heterocycles. The van der Waals surface area contributed by atoms with E-state index in [2.05, 4.69) is 5.32 Å². The zero-order valence-corrected chi connectivity index (χ0v) is 11.0. The zero-order chi connectivity index (χ0) is 15.5. The fraction of sp³-hybridized carbons (Fsp3) is 0.200. The Balaban J connectivity index is 2.03. The molecule has 0 spiro atoms. The highest BCUT2D eigenvalue weighted by molar-refractivity contribution is 5.45. The fourth-order valence-electron chi connectivity index (χ4n) is 1.84. The topological polar surface area (TPSA) is 38.0 Å². The normalized spacial score (nSPS) is 11.5. The summed E-state index contributed by atoms with van der Waals surface area (Å²) < 4.78 is 51.0. The van der Waals surface area contributed by atoms with Gasteiger partial charge in [-0.05, 0) is 35.9 Å². The van der Waals surface area contributed by atoms with E-state index in [1.807, 2.05) is 0 Å². The molecule has 21 heavy (non-hydrogen) atoms. The first-order valence-electron chi connectivity index (χ1n) is 6.28. The minimum Gasteiger partial charge on any atom is -0.381 e. The Hall–Kier alpha value is -2.08. The van der Waals surface area contributed by atoms with Crippen molar-refractivity contribution in [3.05, 3.63) is 65.0 Å². The van der Waals surface area contributed by atoms with Gasteiger partial charge in [0, 0.05) is 24.3 Å². The summed E-state index contributed by atoms with van der Waals surface area (Å²) >= 11 is 0. The first-order valence-corrected chi connectivity index (χ1v) is 6.28. The molecule has 0 amide bonds. The Morgan fingerprint density at radius 2 is 1.67 bits per heavy atom. The van der Waals surface area contributed by atoms with Gasteiger partial charge in [-0.15, -0.1) is 0 Å². The summed E-state index contributed by atoms with van der Waals surface area (Å²) in [7, 11) is 0.